The van der Waals surface area contributed by atoms with Crippen molar-refractivity contribution >= 4 is 12.1 Å². The molecule has 2 rings (SSSR count). The van der Waals surface area contributed by atoms with Crippen molar-refractivity contribution in [2.24, 2.45) is 11.8 Å². The predicted molar refractivity (Wildman–Crippen MR) is 79.0 cm³/mol. The molecular weight excluding hydrogens is 270 g/mol. The molecule has 1 N–H and O–H groups in total. The molecule has 0 spiro atoms. The second-order valence-corrected chi connectivity index (χ2v) is 7.44. The molecule has 1 saturated heterocycles. The van der Waals surface area contributed by atoms with E-state index in [2.05, 4.69) is 0 Å². The van der Waals surface area contributed by atoms with Crippen LogP contribution in [0.2, 0.25) is 0 Å². The molecule has 2 atom stereocenters. The molecule has 5 heteroatoms. The molecule has 1 aliphatic heterocycles. The van der Waals surface area contributed by atoms with Gasteiger partial charge in [-0.25, -0.2) is 9.59 Å². The second-order valence-electron chi connectivity index (χ2n) is 7.44. The van der Waals surface area contributed by atoms with Crippen LogP contribution in [0.5, 0.6) is 0 Å². The van der Waals surface area contributed by atoms with E-state index in [-0.39, 0.29) is 0 Å². The summed E-state index contributed by atoms with van der Waals surface area (Å²) in [5.74, 6) is 0.375. The smallest absolute Gasteiger partial charge is 0.411 e. The number of carboxylic acid groups (broad SMARTS) is 1. The van der Waals surface area contributed by atoms with Gasteiger partial charge in [-0.2, -0.15) is 0 Å². The number of nitrogens with zero attached hydrogens (tertiary/aromatic N) is 1. The highest BCUT2D eigenvalue weighted by atomic mass is 16.6. The summed E-state index contributed by atoms with van der Waals surface area (Å²) >= 11 is 0. The standard InChI is InChI=1S/C16H27NO4/c1-16(2,3)21-15(20)17-9-8-12(7-6-11-4-5-11)10-13(17)14(18)19/h11-13H,4-10H2,1-3H3,(H,18,19)/t12-,13-/m1/s1. The molecule has 1 amide bonds. The zero-order valence-corrected chi connectivity index (χ0v) is 13.3. The van der Waals surface area contributed by atoms with E-state index in [0.29, 0.717) is 18.9 Å². The second kappa shape index (κ2) is 6.24. The Bertz CT molecular complexity index is 398. The third-order valence-electron chi connectivity index (χ3n) is 4.30. The molecule has 1 saturated carbocycles. The number of ether oxygens (including phenoxy) is 1. The molecule has 1 heterocycles. The fourth-order valence-electron chi connectivity index (χ4n) is 2.95. The molecule has 120 valence electrons. The van der Waals surface area contributed by atoms with Gasteiger partial charge in [-0.3, -0.25) is 4.90 Å². The summed E-state index contributed by atoms with van der Waals surface area (Å²) in [4.78, 5) is 25.0. The molecule has 0 unspecified atom stereocenters. The number of carbonyl (C=O) groups is 2. The van der Waals surface area contributed by atoms with Gasteiger partial charge in [-0.1, -0.05) is 25.7 Å². The quantitative estimate of drug-likeness (QED) is 0.864. The van der Waals surface area contributed by atoms with Gasteiger partial charge >= 0.3 is 12.1 Å². The Kier molecular flexibility index (Phi) is 4.79. The summed E-state index contributed by atoms with van der Waals surface area (Å²) in [6.45, 7) is 5.87. The first-order valence-corrected chi connectivity index (χ1v) is 7.98. The lowest BCUT2D eigenvalue weighted by atomic mass is 9.87. The highest BCUT2D eigenvalue weighted by Crippen LogP contribution is 2.37. The number of likely N-dealkylation sites (tertiary alicyclic amines) is 1. The summed E-state index contributed by atoms with van der Waals surface area (Å²) in [6, 6.07) is -0.738. The largest absolute Gasteiger partial charge is 0.480 e. The number of carbonyl (C=O) groups excluding carboxylic acids is 1. The molecule has 5 nitrogen and oxygen atoms in total. The Morgan fingerprint density at radius 2 is 1.76 bits per heavy atom. The number of aliphatic carboxylic acids is 1. The first kappa shape index (κ1) is 16.1. The molecular formula is C16H27NO4. The first-order chi connectivity index (χ1) is 9.76. The van der Waals surface area contributed by atoms with Gasteiger partial charge in [-0.05, 0) is 45.4 Å². The van der Waals surface area contributed by atoms with E-state index in [1.165, 1.54) is 24.2 Å². The van der Waals surface area contributed by atoms with Gasteiger partial charge in [0.1, 0.15) is 11.6 Å². The average Bonchev–Trinajstić information content (AvgIpc) is 3.17. The highest BCUT2D eigenvalue weighted by molar-refractivity contribution is 5.80. The molecule has 0 aromatic heterocycles. The van der Waals surface area contributed by atoms with E-state index >= 15 is 0 Å². The highest BCUT2D eigenvalue weighted by Gasteiger charge is 2.38. The summed E-state index contributed by atoms with van der Waals surface area (Å²) in [6.07, 6.45) is 5.91. The van der Waals surface area contributed by atoms with Crippen LogP contribution in [-0.2, 0) is 9.53 Å². The Balaban J connectivity index is 1.92. The Labute approximate surface area is 126 Å². The maximum atomic E-state index is 12.2. The molecule has 0 aromatic rings. The molecule has 0 bridgehead atoms. The van der Waals surface area contributed by atoms with Crippen LogP contribution in [0.3, 0.4) is 0 Å². The van der Waals surface area contributed by atoms with Crippen molar-refractivity contribution in [1.29, 1.82) is 0 Å². The molecule has 0 aromatic carbocycles. The monoisotopic (exact) mass is 297 g/mol. The maximum Gasteiger partial charge on any atom is 0.411 e. The van der Waals surface area contributed by atoms with Crippen LogP contribution in [-0.4, -0.2) is 40.3 Å². The van der Waals surface area contributed by atoms with Crippen molar-refractivity contribution in [2.75, 3.05) is 6.54 Å². The van der Waals surface area contributed by atoms with Crippen LogP contribution in [0.4, 0.5) is 4.79 Å². The van der Waals surface area contributed by atoms with Gasteiger partial charge in [0.15, 0.2) is 0 Å². The first-order valence-electron chi connectivity index (χ1n) is 7.98. The van der Waals surface area contributed by atoms with E-state index in [0.717, 1.165) is 18.8 Å². The SMILES string of the molecule is CC(C)(C)OC(=O)N1CC[C@@H](CCC2CC2)C[C@@H]1C(=O)O. The van der Waals surface area contributed by atoms with Gasteiger partial charge in [-0.15, -0.1) is 0 Å². The zero-order chi connectivity index (χ0) is 15.6. The van der Waals surface area contributed by atoms with Crippen LogP contribution in [0, 0.1) is 11.8 Å². The Morgan fingerprint density at radius 3 is 2.29 bits per heavy atom. The Morgan fingerprint density at radius 1 is 1.14 bits per heavy atom. The van der Waals surface area contributed by atoms with Crippen LogP contribution < -0.4 is 0 Å². The number of hydrogen-bond donors (Lipinski definition) is 1. The number of carboxylic acids is 1. The lowest BCUT2D eigenvalue weighted by Crippen LogP contribution is -2.51. The fraction of sp³-hybridized carbons (Fsp3) is 0.875. The molecule has 21 heavy (non-hydrogen) atoms. The topological polar surface area (TPSA) is 66.8 Å². The minimum absolute atomic E-state index is 0.422. The van der Waals surface area contributed by atoms with Crippen molar-refractivity contribution in [1.82, 2.24) is 4.90 Å². The number of rotatable bonds is 4. The van der Waals surface area contributed by atoms with Crippen molar-refractivity contribution in [3.63, 3.8) is 0 Å². The molecule has 1 aliphatic carbocycles. The van der Waals surface area contributed by atoms with E-state index < -0.39 is 23.7 Å². The van der Waals surface area contributed by atoms with Gasteiger partial charge in [0, 0.05) is 6.54 Å². The van der Waals surface area contributed by atoms with E-state index in [9.17, 15) is 14.7 Å². The number of hydrogen-bond acceptors (Lipinski definition) is 3. The molecule has 2 aliphatic rings. The summed E-state index contributed by atoms with van der Waals surface area (Å²) in [5.41, 5.74) is -0.594. The van der Waals surface area contributed by atoms with Gasteiger partial charge < -0.3 is 9.84 Å². The van der Waals surface area contributed by atoms with Gasteiger partial charge in [0.05, 0.1) is 0 Å². The number of amides is 1. The number of piperidine rings is 1. The van der Waals surface area contributed by atoms with Crippen LogP contribution in [0.15, 0.2) is 0 Å². The zero-order valence-electron chi connectivity index (χ0n) is 13.3. The Hall–Kier alpha value is -1.26. The minimum atomic E-state index is -0.919. The third kappa shape index (κ3) is 4.90. The summed E-state index contributed by atoms with van der Waals surface area (Å²) < 4.78 is 5.32. The average molecular weight is 297 g/mol. The van der Waals surface area contributed by atoms with Crippen molar-refractivity contribution in [3.8, 4) is 0 Å². The van der Waals surface area contributed by atoms with Gasteiger partial charge in [0.2, 0.25) is 0 Å². The third-order valence-corrected chi connectivity index (χ3v) is 4.30. The summed E-state index contributed by atoms with van der Waals surface area (Å²) in [7, 11) is 0. The maximum absolute atomic E-state index is 12.2. The normalized spacial score (nSPS) is 26.5. The van der Waals surface area contributed by atoms with E-state index in [1.54, 1.807) is 20.8 Å². The lowest BCUT2D eigenvalue weighted by Gasteiger charge is -2.38. The lowest BCUT2D eigenvalue weighted by molar-refractivity contribution is -0.145. The van der Waals surface area contributed by atoms with Crippen LogP contribution in [0.1, 0.15) is 59.3 Å². The summed E-state index contributed by atoms with van der Waals surface area (Å²) in [5, 5.41) is 9.41. The van der Waals surface area contributed by atoms with Crippen molar-refractivity contribution in [3.05, 3.63) is 0 Å². The van der Waals surface area contributed by atoms with Crippen LogP contribution >= 0.6 is 0 Å². The molecule has 2 fully saturated rings. The van der Waals surface area contributed by atoms with Crippen molar-refractivity contribution < 1.29 is 19.4 Å². The minimum Gasteiger partial charge on any atom is -0.480 e. The predicted octanol–water partition coefficient (Wildman–Crippen LogP) is 3.28. The fourth-order valence-corrected chi connectivity index (χ4v) is 2.95. The van der Waals surface area contributed by atoms with Gasteiger partial charge in [0.25, 0.3) is 0 Å². The van der Waals surface area contributed by atoms with Crippen molar-refractivity contribution in [2.45, 2.75) is 70.9 Å². The van der Waals surface area contributed by atoms with Crippen LogP contribution in [0.25, 0.3) is 0 Å². The van der Waals surface area contributed by atoms with E-state index in [4.69, 9.17) is 4.74 Å². The molecule has 0 radical (unpaired) electrons. The van der Waals surface area contributed by atoms with E-state index in [1.807, 2.05) is 0 Å².